The van der Waals surface area contributed by atoms with E-state index in [1.165, 1.54) is 34.5 Å². The second-order valence-corrected chi connectivity index (χ2v) is 10.9. The van der Waals surface area contributed by atoms with Crippen LogP contribution in [0.2, 0.25) is 0 Å². The van der Waals surface area contributed by atoms with E-state index in [2.05, 4.69) is 25.5 Å². The lowest BCUT2D eigenvalue weighted by Crippen LogP contribution is -2.16. The number of anilines is 1. The minimum atomic E-state index is -3.99. The Morgan fingerprint density at radius 1 is 0.784 bits per heavy atom. The van der Waals surface area contributed by atoms with Crippen molar-refractivity contribution in [2.75, 3.05) is 33.2 Å². The van der Waals surface area contributed by atoms with Crippen molar-refractivity contribution in [3.63, 3.8) is 0 Å². The summed E-state index contributed by atoms with van der Waals surface area (Å²) in [5.74, 6) is 1.21. The number of benzene rings is 3. The first-order valence-corrected chi connectivity index (χ1v) is 12.9. The Hall–Kier alpha value is -3.85. The molecule has 3 rings (SSSR count). The number of nitrogens with one attached hydrogen (secondary N) is 1. The molecule has 0 aromatic heterocycles. The summed E-state index contributed by atoms with van der Waals surface area (Å²) in [6, 6.07) is 13.2. The number of sulfonamides is 1. The van der Waals surface area contributed by atoms with Crippen molar-refractivity contribution < 1.29 is 32.5 Å². The molecular weight excluding hydrogens is 494 g/mol. The highest BCUT2D eigenvalue weighted by Gasteiger charge is 2.22. The van der Waals surface area contributed by atoms with Crippen molar-refractivity contribution in [2.45, 2.75) is 31.1 Å². The third-order valence-electron chi connectivity index (χ3n) is 5.78. The Morgan fingerprint density at radius 2 is 1.35 bits per heavy atom. The molecule has 198 valence electrons. The van der Waals surface area contributed by atoms with Crippen molar-refractivity contribution >= 4 is 27.9 Å². The normalized spacial score (nSPS) is 11.9. The van der Waals surface area contributed by atoms with Crippen molar-refractivity contribution in [2.24, 2.45) is 0 Å². The highest BCUT2D eigenvalue weighted by atomic mass is 32.2. The van der Waals surface area contributed by atoms with Gasteiger partial charge < -0.3 is 24.1 Å². The molecule has 0 saturated heterocycles. The first-order chi connectivity index (χ1) is 17.4. The van der Waals surface area contributed by atoms with Gasteiger partial charge in [-0.15, -0.1) is 0 Å². The van der Waals surface area contributed by atoms with Crippen LogP contribution in [-0.4, -0.2) is 42.0 Å². The van der Waals surface area contributed by atoms with Crippen LogP contribution in [0.3, 0.4) is 0 Å². The smallest absolute Gasteiger partial charge is 0.262 e. The van der Waals surface area contributed by atoms with E-state index in [9.17, 15) is 13.5 Å². The second kappa shape index (κ2) is 11.0. The van der Waals surface area contributed by atoms with Gasteiger partial charge in [-0.25, -0.2) is 8.42 Å². The number of methoxy groups -OCH3 is 4. The van der Waals surface area contributed by atoms with E-state index < -0.39 is 10.0 Å². The lowest BCUT2D eigenvalue weighted by Gasteiger charge is -2.20. The molecule has 0 unspecified atom stereocenters. The minimum absolute atomic E-state index is 0.00179. The van der Waals surface area contributed by atoms with E-state index >= 15 is 0 Å². The van der Waals surface area contributed by atoms with Crippen LogP contribution < -0.4 is 23.7 Å². The fourth-order valence-electron chi connectivity index (χ4n) is 3.75. The molecule has 0 heterocycles. The van der Waals surface area contributed by atoms with Gasteiger partial charge >= 0.3 is 0 Å². The number of hydrogen-bond donors (Lipinski definition) is 2. The molecule has 0 amide bonds. The molecule has 0 radical (unpaired) electrons. The van der Waals surface area contributed by atoms with Crippen LogP contribution in [0, 0.1) is 0 Å². The van der Waals surface area contributed by atoms with Gasteiger partial charge in [-0.3, -0.25) is 4.72 Å². The maximum absolute atomic E-state index is 13.3. The van der Waals surface area contributed by atoms with Crippen LogP contribution in [-0.2, 0) is 15.4 Å². The number of rotatable bonds is 9. The molecule has 0 aliphatic rings. The molecule has 3 aromatic rings. The Labute approximate surface area is 218 Å². The molecule has 0 aliphatic heterocycles. The molecule has 9 heteroatoms. The molecule has 2 N–H and O–H groups in total. The van der Waals surface area contributed by atoms with Gasteiger partial charge in [0.05, 0.1) is 33.3 Å². The molecule has 0 fully saturated rings. The third-order valence-corrected chi connectivity index (χ3v) is 7.15. The van der Waals surface area contributed by atoms with E-state index in [0.29, 0.717) is 28.4 Å². The Morgan fingerprint density at radius 3 is 1.84 bits per heavy atom. The number of phenolic OH excluding ortho intramolecular Hbond substituents is 1. The molecule has 0 atom stereocenters. The predicted molar refractivity (Wildman–Crippen MR) is 146 cm³/mol. The van der Waals surface area contributed by atoms with Crippen LogP contribution in [0.5, 0.6) is 28.7 Å². The van der Waals surface area contributed by atoms with Crippen LogP contribution in [0.1, 0.15) is 37.5 Å². The van der Waals surface area contributed by atoms with Gasteiger partial charge in [-0.1, -0.05) is 45.1 Å². The summed E-state index contributed by atoms with van der Waals surface area (Å²) in [7, 11) is 1.94. The van der Waals surface area contributed by atoms with Gasteiger partial charge in [0.1, 0.15) is 5.69 Å². The van der Waals surface area contributed by atoms with Crippen LogP contribution in [0.4, 0.5) is 5.69 Å². The zero-order valence-corrected chi connectivity index (χ0v) is 22.9. The summed E-state index contributed by atoms with van der Waals surface area (Å²) in [4.78, 5) is 0.0884. The Bertz CT molecular complexity index is 1360. The first kappa shape index (κ1) is 27.7. The van der Waals surface area contributed by atoms with E-state index in [4.69, 9.17) is 18.9 Å². The summed E-state index contributed by atoms with van der Waals surface area (Å²) >= 11 is 0. The van der Waals surface area contributed by atoms with Crippen molar-refractivity contribution in [3.8, 4) is 28.7 Å². The molecule has 3 aromatic carbocycles. The van der Waals surface area contributed by atoms with Crippen LogP contribution in [0.25, 0.3) is 12.2 Å². The van der Waals surface area contributed by atoms with E-state index in [-0.39, 0.29) is 27.5 Å². The SMILES string of the molecule is COc1cc(C=Cc2ccc(O)c(OC)c2NS(=O)(=O)c2ccc(C(C)(C)C)cc2)cc(OC)c1OC. The number of hydrogen-bond acceptors (Lipinski definition) is 7. The number of aromatic hydroxyl groups is 1. The minimum Gasteiger partial charge on any atom is -0.504 e. The van der Waals surface area contributed by atoms with Crippen molar-refractivity contribution in [3.05, 3.63) is 65.2 Å². The maximum Gasteiger partial charge on any atom is 0.262 e. The van der Waals surface area contributed by atoms with Gasteiger partial charge in [0, 0.05) is 5.56 Å². The molecule has 8 nitrogen and oxygen atoms in total. The molecule has 0 aliphatic carbocycles. The highest BCUT2D eigenvalue weighted by Crippen LogP contribution is 2.41. The Balaban J connectivity index is 2.04. The lowest BCUT2D eigenvalue weighted by atomic mass is 9.87. The van der Waals surface area contributed by atoms with Gasteiger partial charge in [0.15, 0.2) is 23.0 Å². The molecular formula is C28H33NO7S. The summed E-state index contributed by atoms with van der Waals surface area (Å²) in [6.07, 6.45) is 3.45. The number of phenols is 1. The molecule has 37 heavy (non-hydrogen) atoms. The summed E-state index contributed by atoms with van der Waals surface area (Å²) in [5.41, 5.74) is 2.18. The van der Waals surface area contributed by atoms with Gasteiger partial charge in [0.25, 0.3) is 10.0 Å². The van der Waals surface area contributed by atoms with Gasteiger partial charge in [0.2, 0.25) is 5.75 Å². The van der Waals surface area contributed by atoms with Crippen LogP contribution in [0.15, 0.2) is 53.4 Å². The largest absolute Gasteiger partial charge is 0.504 e. The van der Waals surface area contributed by atoms with E-state index in [1.807, 2.05) is 0 Å². The molecule has 0 saturated carbocycles. The van der Waals surface area contributed by atoms with Crippen molar-refractivity contribution in [1.29, 1.82) is 0 Å². The maximum atomic E-state index is 13.3. The summed E-state index contributed by atoms with van der Waals surface area (Å²) in [5, 5.41) is 10.4. The monoisotopic (exact) mass is 527 g/mol. The topological polar surface area (TPSA) is 103 Å². The zero-order chi connectivity index (χ0) is 27.4. The Kier molecular flexibility index (Phi) is 8.28. The lowest BCUT2D eigenvalue weighted by molar-refractivity contribution is 0.324. The van der Waals surface area contributed by atoms with E-state index in [0.717, 1.165) is 5.56 Å². The number of ether oxygens (including phenoxy) is 4. The molecule has 0 bridgehead atoms. The average Bonchev–Trinajstić information content (AvgIpc) is 2.87. The van der Waals surface area contributed by atoms with Crippen molar-refractivity contribution in [1.82, 2.24) is 0 Å². The fourth-order valence-corrected chi connectivity index (χ4v) is 4.84. The fraction of sp³-hybridized carbons (Fsp3) is 0.286. The van der Waals surface area contributed by atoms with Gasteiger partial charge in [-0.05, 0) is 52.9 Å². The van der Waals surface area contributed by atoms with E-state index in [1.54, 1.807) is 54.6 Å². The quantitative estimate of drug-likeness (QED) is 0.344. The van der Waals surface area contributed by atoms with Crippen LogP contribution >= 0.6 is 0 Å². The third kappa shape index (κ3) is 6.11. The highest BCUT2D eigenvalue weighted by molar-refractivity contribution is 7.92. The van der Waals surface area contributed by atoms with Gasteiger partial charge in [-0.2, -0.15) is 0 Å². The predicted octanol–water partition coefficient (Wildman–Crippen LogP) is 5.70. The average molecular weight is 528 g/mol. The molecule has 0 spiro atoms. The summed E-state index contributed by atoms with van der Waals surface area (Å²) in [6.45, 7) is 6.16. The second-order valence-electron chi connectivity index (χ2n) is 9.25. The summed E-state index contributed by atoms with van der Waals surface area (Å²) < 4.78 is 50.7. The first-order valence-electron chi connectivity index (χ1n) is 11.5. The standard InChI is InChI=1S/C28H33NO7S/c1-28(2,3)20-11-13-21(14-12-20)37(31,32)29-25-19(10-15-22(30)26(25)35-6)9-8-18-16-23(33-4)27(36-7)24(17-18)34-5/h8-17,29-30H,1-7H3. The zero-order valence-electron chi connectivity index (χ0n) is 22.1.